The fraction of sp³-hybridized carbons (Fsp3) is 0.250. The van der Waals surface area contributed by atoms with Gasteiger partial charge in [0.1, 0.15) is 0 Å². The molecule has 1 aromatic heterocycles. The van der Waals surface area contributed by atoms with E-state index in [4.69, 9.17) is 11.6 Å². The molecule has 0 radical (unpaired) electrons. The average Bonchev–Trinajstić information content (AvgIpc) is 2.23. The van der Waals surface area contributed by atoms with Gasteiger partial charge >= 0.3 is 0 Å². The lowest BCUT2D eigenvalue weighted by atomic mass is 10.1. The number of halogens is 1. The van der Waals surface area contributed by atoms with Crippen molar-refractivity contribution in [3.8, 4) is 0 Å². The van der Waals surface area contributed by atoms with Crippen molar-refractivity contribution in [2.24, 2.45) is 0 Å². The van der Waals surface area contributed by atoms with Crippen LogP contribution in [-0.4, -0.2) is 4.57 Å². The van der Waals surface area contributed by atoms with Crippen molar-refractivity contribution in [3.05, 3.63) is 45.2 Å². The number of hydrogen-bond acceptors (Lipinski definition) is 1. The molecule has 1 heterocycles. The molecule has 2 aromatic rings. The van der Waals surface area contributed by atoms with E-state index in [1.54, 1.807) is 6.07 Å². The number of fused-ring (bicyclic) bond motifs is 1. The third-order valence-electron chi connectivity index (χ3n) is 2.56. The molecular formula is C12H12ClNO. The number of benzene rings is 1. The van der Waals surface area contributed by atoms with Gasteiger partial charge in [-0.05, 0) is 32.0 Å². The Kier molecular flexibility index (Phi) is 2.53. The van der Waals surface area contributed by atoms with Gasteiger partial charge in [-0.3, -0.25) is 4.79 Å². The molecule has 0 aliphatic heterocycles. The van der Waals surface area contributed by atoms with Crippen LogP contribution in [0.2, 0.25) is 5.02 Å². The van der Waals surface area contributed by atoms with Gasteiger partial charge < -0.3 is 4.57 Å². The van der Waals surface area contributed by atoms with Gasteiger partial charge in [-0.1, -0.05) is 11.6 Å². The van der Waals surface area contributed by atoms with E-state index in [1.165, 1.54) is 0 Å². The summed E-state index contributed by atoms with van der Waals surface area (Å²) in [6.07, 6.45) is 1.89. The number of nitrogens with zero attached hydrogens (tertiary/aromatic N) is 1. The summed E-state index contributed by atoms with van der Waals surface area (Å²) in [6, 6.07) is 5.44. The Morgan fingerprint density at radius 2 is 2.13 bits per heavy atom. The minimum absolute atomic E-state index is 0.0669. The molecule has 1 aromatic carbocycles. The van der Waals surface area contributed by atoms with Crippen LogP contribution in [-0.2, 0) is 6.54 Å². The van der Waals surface area contributed by atoms with Crippen molar-refractivity contribution in [2.45, 2.75) is 20.4 Å². The molecule has 3 heteroatoms. The lowest BCUT2D eigenvalue weighted by molar-refractivity contribution is 0.783. The molecule has 0 saturated heterocycles. The van der Waals surface area contributed by atoms with Gasteiger partial charge in [0.25, 0.3) is 0 Å². The number of aromatic nitrogens is 1. The van der Waals surface area contributed by atoms with Crippen molar-refractivity contribution >= 4 is 22.5 Å². The highest BCUT2D eigenvalue weighted by molar-refractivity contribution is 6.31. The van der Waals surface area contributed by atoms with Gasteiger partial charge in [0.05, 0.1) is 5.52 Å². The molecular weight excluding hydrogens is 210 g/mol. The van der Waals surface area contributed by atoms with Crippen LogP contribution in [0.5, 0.6) is 0 Å². The zero-order valence-electron chi connectivity index (χ0n) is 8.75. The van der Waals surface area contributed by atoms with Crippen LogP contribution in [0, 0.1) is 6.92 Å². The molecule has 0 bridgehead atoms. The summed E-state index contributed by atoms with van der Waals surface area (Å²) in [6.45, 7) is 4.73. The van der Waals surface area contributed by atoms with Crippen LogP contribution < -0.4 is 5.43 Å². The van der Waals surface area contributed by atoms with E-state index in [1.807, 2.05) is 25.3 Å². The molecule has 2 rings (SSSR count). The maximum absolute atomic E-state index is 11.9. The number of aryl methyl sites for hydroxylation is 2. The first-order chi connectivity index (χ1) is 7.13. The van der Waals surface area contributed by atoms with Crippen molar-refractivity contribution < 1.29 is 0 Å². The van der Waals surface area contributed by atoms with Crippen LogP contribution in [0.15, 0.2) is 29.2 Å². The molecule has 0 saturated carbocycles. The first-order valence-electron chi connectivity index (χ1n) is 4.92. The van der Waals surface area contributed by atoms with E-state index < -0.39 is 0 Å². The summed E-state index contributed by atoms with van der Waals surface area (Å²) < 4.78 is 2.06. The Labute approximate surface area is 93.1 Å². The highest BCUT2D eigenvalue weighted by Gasteiger charge is 2.05. The second-order valence-electron chi connectivity index (χ2n) is 3.59. The van der Waals surface area contributed by atoms with E-state index in [9.17, 15) is 4.79 Å². The zero-order valence-corrected chi connectivity index (χ0v) is 9.51. The summed E-state index contributed by atoms with van der Waals surface area (Å²) >= 11 is 5.89. The average molecular weight is 222 g/mol. The molecule has 0 fully saturated rings. The summed E-state index contributed by atoms with van der Waals surface area (Å²) in [5.41, 5.74) is 1.77. The highest BCUT2D eigenvalue weighted by Crippen LogP contribution is 2.17. The summed E-state index contributed by atoms with van der Waals surface area (Å²) in [4.78, 5) is 11.9. The predicted octanol–water partition coefficient (Wildman–Crippen LogP) is 2.98. The van der Waals surface area contributed by atoms with E-state index in [0.717, 1.165) is 17.6 Å². The maximum atomic E-state index is 11.9. The van der Waals surface area contributed by atoms with Crippen molar-refractivity contribution in [2.75, 3.05) is 0 Å². The largest absolute Gasteiger partial charge is 0.347 e. The number of hydrogen-bond donors (Lipinski definition) is 0. The Morgan fingerprint density at radius 1 is 1.40 bits per heavy atom. The lowest BCUT2D eigenvalue weighted by Gasteiger charge is -2.09. The summed E-state index contributed by atoms with van der Waals surface area (Å²) in [7, 11) is 0. The van der Waals surface area contributed by atoms with Gasteiger partial charge in [-0.25, -0.2) is 0 Å². The zero-order chi connectivity index (χ0) is 11.0. The first kappa shape index (κ1) is 10.2. The summed E-state index contributed by atoms with van der Waals surface area (Å²) in [5.74, 6) is 0. The fourth-order valence-corrected chi connectivity index (χ4v) is 1.95. The molecule has 2 nitrogen and oxygen atoms in total. The third kappa shape index (κ3) is 1.65. The van der Waals surface area contributed by atoms with E-state index in [0.29, 0.717) is 10.4 Å². The van der Waals surface area contributed by atoms with Gasteiger partial charge in [0.15, 0.2) is 5.43 Å². The lowest BCUT2D eigenvalue weighted by Crippen LogP contribution is -2.11. The minimum atomic E-state index is 0.0669. The maximum Gasteiger partial charge on any atom is 0.192 e. The molecule has 0 unspecified atom stereocenters. The topological polar surface area (TPSA) is 22.0 Å². The predicted molar refractivity (Wildman–Crippen MR) is 63.6 cm³/mol. The van der Waals surface area contributed by atoms with Crippen LogP contribution in [0.3, 0.4) is 0 Å². The quantitative estimate of drug-likeness (QED) is 0.726. The summed E-state index contributed by atoms with van der Waals surface area (Å²) in [5, 5.41) is 1.30. The van der Waals surface area contributed by atoms with E-state index >= 15 is 0 Å². The smallest absolute Gasteiger partial charge is 0.192 e. The molecule has 0 atom stereocenters. The second-order valence-corrected chi connectivity index (χ2v) is 4.03. The number of pyridine rings is 1. The molecule has 0 aliphatic carbocycles. The van der Waals surface area contributed by atoms with E-state index in [-0.39, 0.29) is 5.43 Å². The van der Waals surface area contributed by atoms with Gasteiger partial charge in [-0.2, -0.15) is 0 Å². The molecule has 0 N–H and O–H groups in total. The minimum Gasteiger partial charge on any atom is -0.347 e. The van der Waals surface area contributed by atoms with Crippen LogP contribution in [0.25, 0.3) is 10.9 Å². The molecule has 15 heavy (non-hydrogen) atoms. The van der Waals surface area contributed by atoms with Crippen molar-refractivity contribution in [1.29, 1.82) is 0 Å². The molecule has 0 spiro atoms. The monoisotopic (exact) mass is 221 g/mol. The number of rotatable bonds is 1. The Morgan fingerprint density at radius 3 is 2.80 bits per heavy atom. The van der Waals surface area contributed by atoms with Gasteiger partial charge in [0.2, 0.25) is 0 Å². The van der Waals surface area contributed by atoms with Crippen molar-refractivity contribution in [1.82, 2.24) is 4.57 Å². The Hall–Kier alpha value is -1.28. The SMILES string of the molecule is CCn1cc(C)c(=O)c2cc(Cl)ccc21. The second kappa shape index (κ2) is 3.70. The molecule has 0 aliphatic rings. The first-order valence-corrected chi connectivity index (χ1v) is 5.30. The van der Waals surface area contributed by atoms with Crippen LogP contribution >= 0.6 is 11.6 Å². The Balaban J connectivity index is 2.96. The molecule has 78 valence electrons. The third-order valence-corrected chi connectivity index (χ3v) is 2.80. The van der Waals surface area contributed by atoms with Gasteiger partial charge in [0, 0.05) is 28.7 Å². The highest BCUT2D eigenvalue weighted by atomic mass is 35.5. The van der Waals surface area contributed by atoms with E-state index in [2.05, 4.69) is 11.5 Å². The Bertz CT molecular complexity index is 572. The molecule has 0 amide bonds. The van der Waals surface area contributed by atoms with Crippen molar-refractivity contribution in [3.63, 3.8) is 0 Å². The fourth-order valence-electron chi connectivity index (χ4n) is 1.78. The van der Waals surface area contributed by atoms with Crippen LogP contribution in [0.4, 0.5) is 0 Å². The van der Waals surface area contributed by atoms with Gasteiger partial charge in [-0.15, -0.1) is 0 Å². The van der Waals surface area contributed by atoms with Crippen LogP contribution in [0.1, 0.15) is 12.5 Å². The normalized spacial score (nSPS) is 10.9. The standard InChI is InChI=1S/C12H12ClNO/c1-3-14-7-8(2)12(15)10-6-9(13)4-5-11(10)14/h4-7H,3H2,1-2H3.